The molecule has 2 aliphatic rings. The average molecular weight is 266 g/mol. The molecule has 1 aliphatic heterocycles. The summed E-state index contributed by atoms with van der Waals surface area (Å²) in [5.41, 5.74) is 0. The Morgan fingerprint density at radius 3 is 2.16 bits per heavy atom. The molecule has 0 N–H and O–H groups in total. The summed E-state index contributed by atoms with van der Waals surface area (Å²) >= 11 is 0. The van der Waals surface area contributed by atoms with E-state index in [4.69, 9.17) is 0 Å². The summed E-state index contributed by atoms with van der Waals surface area (Å²) in [5.74, 6) is 2.08. The molecule has 0 unspecified atom stereocenters. The number of hydrogen-bond donors (Lipinski definition) is 0. The first kappa shape index (κ1) is 15.3. The lowest BCUT2D eigenvalue weighted by molar-refractivity contribution is 0.217. The zero-order chi connectivity index (χ0) is 13.7. The molecule has 1 saturated heterocycles. The minimum atomic E-state index is 0.807. The molecule has 2 nitrogen and oxygen atoms in total. The van der Waals surface area contributed by atoms with Gasteiger partial charge in [-0.3, -0.25) is 0 Å². The van der Waals surface area contributed by atoms with Gasteiger partial charge < -0.3 is 9.80 Å². The molecule has 19 heavy (non-hydrogen) atoms. The van der Waals surface area contributed by atoms with Crippen LogP contribution in [0.1, 0.15) is 59.3 Å². The smallest absolute Gasteiger partial charge is 0.00676 e. The van der Waals surface area contributed by atoms with Crippen molar-refractivity contribution in [3.63, 3.8) is 0 Å². The van der Waals surface area contributed by atoms with Crippen LogP contribution in [-0.4, -0.2) is 48.6 Å². The Balaban J connectivity index is 1.67. The molecule has 1 saturated carbocycles. The van der Waals surface area contributed by atoms with Crippen LogP contribution >= 0.6 is 0 Å². The molecule has 0 bridgehead atoms. The van der Waals surface area contributed by atoms with E-state index in [0.29, 0.717) is 0 Å². The SMILES string of the molecule is CCN(CC)CCC[C@H](C)N1C[C@H]2CCCC[C@H]2C1. The average Bonchev–Trinajstić information content (AvgIpc) is 2.87. The minimum absolute atomic E-state index is 0.807. The fourth-order valence-electron chi connectivity index (χ4n) is 4.13. The molecule has 3 atom stereocenters. The molecule has 0 radical (unpaired) electrons. The van der Waals surface area contributed by atoms with E-state index in [0.717, 1.165) is 17.9 Å². The van der Waals surface area contributed by atoms with E-state index in [1.165, 1.54) is 71.2 Å². The Labute approximate surface area is 120 Å². The highest BCUT2D eigenvalue weighted by Gasteiger charge is 2.35. The molecule has 0 aromatic carbocycles. The van der Waals surface area contributed by atoms with Crippen LogP contribution in [0.3, 0.4) is 0 Å². The summed E-state index contributed by atoms with van der Waals surface area (Å²) in [4.78, 5) is 5.35. The number of fused-ring (bicyclic) bond motifs is 1. The van der Waals surface area contributed by atoms with E-state index < -0.39 is 0 Å². The van der Waals surface area contributed by atoms with E-state index in [9.17, 15) is 0 Å². The highest BCUT2D eigenvalue weighted by molar-refractivity contribution is 4.88. The first-order valence-corrected chi connectivity index (χ1v) is 8.71. The maximum atomic E-state index is 2.79. The lowest BCUT2D eigenvalue weighted by Crippen LogP contribution is -2.32. The van der Waals surface area contributed by atoms with Gasteiger partial charge in [-0.2, -0.15) is 0 Å². The van der Waals surface area contributed by atoms with Gasteiger partial charge in [0.15, 0.2) is 0 Å². The minimum Gasteiger partial charge on any atom is -0.304 e. The lowest BCUT2D eigenvalue weighted by Gasteiger charge is -2.26. The van der Waals surface area contributed by atoms with Gasteiger partial charge >= 0.3 is 0 Å². The Kier molecular flexibility index (Phi) is 6.15. The normalized spacial score (nSPS) is 29.7. The van der Waals surface area contributed by atoms with Gasteiger partial charge in [-0.15, -0.1) is 0 Å². The van der Waals surface area contributed by atoms with Crippen molar-refractivity contribution in [1.29, 1.82) is 0 Å². The molecule has 112 valence electrons. The zero-order valence-electron chi connectivity index (χ0n) is 13.4. The summed E-state index contributed by atoms with van der Waals surface area (Å²) in [7, 11) is 0. The van der Waals surface area contributed by atoms with Crippen LogP contribution in [0.4, 0.5) is 0 Å². The third-order valence-electron chi connectivity index (χ3n) is 5.62. The van der Waals surface area contributed by atoms with Gasteiger partial charge in [-0.05, 0) is 64.1 Å². The van der Waals surface area contributed by atoms with Crippen LogP contribution < -0.4 is 0 Å². The standard InChI is InChI=1S/C17H34N2/c1-4-18(5-2)12-8-9-15(3)19-13-16-10-6-7-11-17(16)14-19/h15-17H,4-14H2,1-3H3/t15-,16-,17+/m0/s1. The third kappa shape index (κ3) is 4.19. The van der Waals surface area contributed by atoms with Crippen molar-refractivity contribution in [3.05, 3.63) is 0 Å². The van der Waals surface area contributed by atoms with Crippen molar-refractivity contribution in [3.8, 4) is 0 Å². The molecule has 0 spiro atoms. The maximum Gasteiger partial charge on any atom is 0.00676 e. The van der Waals surface area contributed by atoms with Crippen LogP contribution in [0.2, 0.25) is 0 Å². The summed E-state index contributed by atoms with van der Waals surface area (Å²) in [5, 5.41) is 0. The number of likely N-dealkylation sites (tertiary alicyclic amines) is 1. The van der Waals surface area contributed by atoms with Gasteiger partial charge in [0.05, 0.1) is 0 Å². The van der Waals surface area contributed by atoms with E-state index in [2.05, 4.69) is 30.6 Å². The summed E-state index contributed by atoms with van der Waals surface area (Å²) in [6, 6.07) is 0.807. The highest BCUT2D eigenvalue weighted by atomic mass is 15.2. The Morgan fingerprint density at radius 1 is 1.05 bits per heavy atom. The zero-order valence-corrected chi connectivity index (χ0v) is 13.4. The fourth-order valence-corrected chi connectivity index (χ4v) is 4.13. The summed E-state index contributed by atoms with van der Waals surface area (Å²) in [6.45, 7) is 13.5. The van der Waals surface area contributed by atoms with E-state index in [1.807, 2.05) is 0 Å². The van der Waals surface area contributed by atoms with Gasteiger partial charge in [0.1, 0.15) is 0 Å². The molecular weight excluding hydrogens is 232 g/mol. The molecular formula is C17H34N2. The van der Waals surface area contributed by atoms with E-state index >= 15 is 0 Å². The highest BCUT2D eigenvalue weighted by Crippen LogP contribution is 2.37. The van der Waals surface area contributed by atoms with Crippen LogP contribution in [0.5, 0.6) is 0 Å². The predicted molar refractivity (Wildman–Crippen MR) is 83.5 cm³/mol. The van der Waals surface area contributed by atoms with Gasteiger partial charge in [-0.1, -0.05) is 26.7 Å². The molecule has 0 amide bonds. The topological polar surface area (TPSA) is 6.48 Å². The van der Waals surface area contributed by atoms with Crippen molar-refractivity contribution in [1.82, 2.24) is 9.80 Å². The van der Waals surface area contributed by atoms with E-state index in [1.54, 1.807) is 0 Å². The molecule has 0 aromatic rings. The van der Waals surface area contributed by atoms with Gasteiger partial charge in [0.25, 0.3) is 0 Å². The Hall–Kier alpha value is -0.0800. The second-order valence-corrected chi connectivity index (χ2v) is 6.78. The van der Waals surface area contributed by atoms with Crippen molar-refractivity contribution in [2.75, 3.05) is 32.7 Å². The molecule has 1 aliphatic carbocycles. The van der Waals surface area contributed by atoms with Gasteiger partial charge in [0, 0.05) is 19.1 Å². The van der Waals surface area contributed by atoms with E-state index in [-0.39, 0.29) is 0 Å². The third-order valence-corrected chi connectivity index (χ3v) is 5.62. The molecule has 2 heteroatoms. The Morgan fingerprint density at radius 2 is 1.63 bits per heavy atom. The van der Waals surface area contributed by atoms with Crippen molar-refractivity contribution in [2.24, 2.45) is 11.8 Å². The first-order chi connectivity index (χ1) is 9.24. The second kappa shape index (κ2) is 7.64. The van der Waals surface area contributed by atoms with Gasteiger partial charge in [-0.25, -0.2) is 0 Å². The summed E-state index contributed by atoms with van der Waals surface area (Å²) in [6.07, 6.45) is 8.75. The molecule has 2 rings (SSSR count). The van der Waals surface area contributed by atoms with Crippen molar-refractivity contribution in [2.45, 2.75) is 65.3 Å². The van der Waals surface area contributed by atoms with Crippen LogP contribution in [0, 0.1) is 11.8 Å². The number of nitrogens with zero attached hydrogens (tertiary/aromatic N) is 2. The van der Waals surface area contributed by atoms with Crippen molar-refractivity contribution >= 4 is 0 Å². The Bertz CT molecular complexity index is 236. The molecule has 0 aromatic heterocycles. The number of rotatable bonds is 7. The lowest BCUT2D eigenvalue weighted by atomic mass is 9.82. The van der Waals surface area contributed by atoms with Crippen LogP contribution in [-0.2, 0) is 0 Å². The fraction of sp³-hybridized carbons (Fsp3) is 1.00. The van der Waals surface area contributed by atoms with Crippen molar-refractivity contribution < 1.29 is 0 Å². The predicted octanol–water partition coefficient (Wildman–Crippen LogP) is 3.62. The molecule has 2 fully saturated rings. The summed E-state index contributed by atoms with van der Waals surface area (Å²) < 4.78 is 0. The largest absolute Gasteiger partial charge is 0.304 e. The molecule has 1 heterocycles. The maximum absolute atomic E-state index is 2.79. The van der Waals surface area contributed by atoms with Crippen LogP contribution in [0.15, 0.2) is 0 Å². The quantitative estimate of drug-likeness (QED) is 0.694. The first-order valence-electron chi connectivity index (χ1n) is 8.71. The monoisotopic (exact) mass is 266 g/mol. The van der Waals surface area contributed by atoms with Crippen LogP contribution in [0.25, 0.3) is 0 Å². The van der Waals surface area contributed by atoms with Gasteiger partial charge in [0.2, 0.25) is 0 Å². The number of hydrogen-bond acceptors (Lipinski definition) is 2. The second-order valence-electron chi connectivity index (χ2n) is 6.78.